The summed E-state index contributed by atoms with van der Waals surface area (Å²) in [4.78, 5) is 14.4. The second-order valence-electron chi connectivity index (χ2n) is 5.23. The molecule has 0 saturated carbocycles. The van der Waals surface area contributed by atoms with Crippen LogP contribution in [0, 0.1) is 0 Å². The van der Waals surface area contributed by atoms with E-state index in [1.54, 1.807) is 16.2 Å². The standard InChI is InChI=1S/C15H17ClN2OS/c1-18-9-10(6-7-14(18)19)17-8-13-15(16)11-4-2-3-5-12(11)20-13/h2-5,10,17H,6-9H2,1H3. The van der Waals surface area contributed by atoms with E-state index < -0.39 is 0 Å². The summed E-state index contributed by atoms with van der Waals surface area (Å²) in [7, 11) is 1.86. The molecule has 3 nitrogen and oxygen atoms in total. The lowest BCUT2D eigenvalue weighted by Crippen LogP contribution is -2.46. The lowest BCUT2D eigenvalue weighted by molar-refractivity contribution is -0.132. The van der Waals surface area contributed by atoms with Crippen LogP contribution in [0.5, 0.6) is 0 Å². The first-order chi connectivity index (χ1) is 9.65. The van der Waals surface area contributed by atoms with Crippen LogP contribution in [0.3, 0.4) is 0 Å². The number of carbonyl (C=O) groups is 1. The van der Waals surface area contributed by atoms with Gasteiger partial charge in [0.15, 0.2) is 0 Å². The van der Waals surface area contributed by atoms with Crippen molar-refractivity contribution in [1.82, 2.24) is 10.2 Å². The van der Waals surface area contributed by atoms with Gasteiger partial charge in [-0.1, -0.05) is 29.8 Å². The highest BCUT2D eigenvalue weighted by molar-refractivity contribution is 7.19. The largest absolute Gasteiger partial charge is 0.344 e. The zero-order valence-electron chi connectivity index (χ0n) is 11.4. The Kier molecular flexibility index (Phi) is 3.96. The number of thiophene rings is 1. The lowest BCUT2D eigenvalue weighted by Gasteiger charge is -2.30. The fourth-order valence-electron chi connectivity index (χ4n) is 2.59. The number of benzene rings is 1. The van der Waals surface area contributed by atoms with Crippen molar-refractivity contribution in [3.05, 3.63) is 34.2 Å². The Labute approximate surface area is 127 Å². The van der Waals surface area contributed by atoms with Crippen molar-refractivity contribution < 1.29 is 4.79 Å². The van der Waals surface area contributed by atoms with Gasteiger partial charge < -0.3 is 10.2 Å². The minimum absolute atomic E-state index is 0.239. The molecule has 1 aromatic carbocycles. The van der Waals surface area contributed by atoms with Gasteiger partial charge >= 0.3 is 0 Å². The van der Waals surface area contributed by atoms with Crippen molar-refractivity contribution in [3.63, 3.8) is 0 Å². The highest BCUT2D eigenvalue weighted by atomic mass is 35.5. The van der Waals surface area contributed by atoms with E-state index in [-0.39, 0.29) is 5.91 Å². The molecule has 1 amide bonds. The van der Waals surface area contributed by atoms with Gasteiger partial charge in [0, 0.05) is 47.6 Å². The number of halogens is 1. The van der Waals surface area contributed by atoms with Crippen LogP contribution in [-0.4, -0.2) is 30.4 Å². The predicted molar refractivity (Wildman–Crippen MR) is 84.3 cm³/mol. The maximum atomic E-state index is 11.5. The Balaban J connectivity index is 1.68. The van der Waals surface area contributed by atoms with Crippen molar-refractivity contribution >= 4 is 38.9 Å². The van der Waals surface area contributed by atoms with Crippen molar-refractivity contribution in [1.29, 1.82) is 0 Å². The maximum absolute atomic E-state index is 11.5. The molecule has 1 unspecified atom stereocenters. The number of likely N-dealkylation sites (N-methyl/N-ethyl adjacent to an activating group) is 1. The van der Waals surface area contributed by atoms with Crippen LogP contribution >= 0.6 is 22.9 Å². The second-order valence-corrected chi connectivity index (χ2v) is 6.74. The predicted octanol–water partition coefficient (Wildman–Crippen LogP) is 3.27. The Morgan fingerprint density at radius 1 is 1.45 bits per heavy atom. The molecule has 5 heteroatoms. The van der Waals surface area contributed by atoms with Gasteiger partial charge in [0.05, 0.1) is 5.02 Å². The quantitative estimate of drug-likeness (QED) is 0.944. The van der Waals surface area contributed by atoms with E-state index in [0.717, 1.165) is 29.9 Å². The fourth-order valence-corrected chi connectivity index (χ4v) is 4.04. The Morgan fingerprint density at radius 3 is 3.00 bits per heavy atom. The molecule has 2 aromatic rings. The van der Waals surface area contributed by atoms with Crippen LogP contribution in [0.25, 0.3) is 10.1 Å². The Morgan fingerprint density at radius 2 is 2.25 bits per heavy atom. The molecular weight excluding hydrogens is 292 g/mol. The topological polar surface area (TPSA) is 32.3 Å². The Bertz CT molecular complexity index is 640. The molecule has 1 atom stereocenters. The highest BCUT2D eigenvalue weighted by Crippen LogP contribution is 2.35. The van der Waals surface area contributed by atoms with Crippen molar-refractivity contribution in [2.24, 2.45) is 0 Å². The summed E-state index contributed by atoms with van der Waals surface area (Å²) in [6.45, 7) is 1.55. The summed E-state index contributed by atoms with van der Waals surface area (Å²) >= 11 is 8.17. The zero-order chi connectivity index (χ0) is 14.1. The van der Waals surface area contributed by atoms with Gasteiger partial charge in [0.25, 0.3) is 0 Å². The molecule has 0 spiro atoms. The summed E-state index contributed by atoms with van der Waals surface area (Å²) in [5, 5.41) is 5.51. The Hall–Kier alpha value is -1.10. The molecule has 20 heavy (non-hydrogen) atoms. The normalized spacial score (nSPS) is 19.8. The third kappa shape index (κ3) is 2.68. The van der Waals surface area contributed by atoms with Crippen molar-refractivity contribution in [3.8, 4) is 0 Å². The molecule has 1 N–H and O–H groups in total. The highest BCUT2D eigenvalue weighted by Gasteiger charge is 2.22. The average Bonchev–Trinajstić information content (AvgIpc) is 2.77. The van der Waals surface area contributed by atoms with Gasteiger partial charge in [-0.25, -0.2) is 0 Å². The molecule has 1 aromatic heterocycles. The molecule has 0 radical (unpaired) electrons. The number of nitrogens with zero attached hydrogens (tertiary/aromatic N) is 1. The van der Waals surface area contributed by atoms with Crippen LogP contribution < -0.4 is 5.32 Å². The summed E-state index contributed by atoms with van der Waals surface area (Å²) in [5.74, 6) is 0.239. The average molecular weight is 309 g/mol. The van der Waals surface area contributed by atoms with E-state index in [4.69, 9.17) is 11.6 Å². The van der Waals surface area contributed by atoms with Crippen molar-refractivity contribution in [2.45, 2.75) is 25.4 Å². The molecule has 2 heterocycles. The van der Waals surface area contributed by atoms with E-state index in [1.165, 1.54) is 9.58 Å². The van der Waals surface area contributed by atoms with E-state index in [9.17, 15) is 4.79 Å². The number of rotatable bonds is 3. The number of piperidine rings is 1. The van der Waals surface area contributed by atoms with Crippen LogP contribution in [0.2, 0.25) is 5.02 Å². The zero-order valence-corrected chi connectivity index (χ0v) is 12.9. The molecule has 0 aliphatic carbocycles. The van der Waals surface area contributed by atoms with Crippen LogP contribution in [-0.2, 0) is 11.3 Å². The van der Waals surface area contributed by atoms with Gasteiger partial charge in [-0.2, -0.15) is 0 Å². The first-order valence-corrected chi connectivity index (χ1v) is 7.98. The van der Waals surface area contributed by atoms with E-state index in [0.29, 0.717) is 12.5 Å². The summed E-state index contributed by atoms with van der Waals surface area (Å²) in [6, 6.07) is 8.57. The molecule has 106 valence electrons. The van der Waals surface area contributed by atoms with Gasteiger partial charge in [-0.15, -0.1) is 11.3 Å². The summed E-state index contributed by atoms with van der Waals surface area (Å²) in [6.07, 6.45) is 1.54. The minimum atomic E-state index is 0.239. The van der Waals surface area contributed by atoms with Gasteiger partial charge in [0.1, 0.15) is 0 Å². The van der Waals surface area contributed by atoms with E-state index in [1.807, 2.05) is 19.2 Å². The van der Waals surface area contributed by atoms with Gasteiger partial charge in [0.2, 0.25) is 5.91 Å². The van der Waals surface area contributed by atoms with E-state index in [2.05, 4.69) is 17.4 Å². The third-order valence-corrected chi connectivity index (χ3v) is 5.49. The number of hydrogen-bond donors (Lipinski definition) is 1. The molecule has 1 aliphatic rings. The number of carbonyl (C=O) groups excluding carboxylic acids is 1. The maximum Gasteiger partial charge on any atom is 0.222 e. The molecule has 1 aliphatic heterocycles. The third-order valence-electron chi connectivity index (χ3n) is 3.78. The van der Waals surface area contributed by atoms with Crippen LogP contribution in [0.4, 0.5) is 0 Å². The number of amides is 1. The minimum Gasteiger partial charge on any atom is -0.344 e. The molecular formula is C15H17ClN2OS. The lowest BCUT2D eigenvalue weighted by atomic mass is 10.1. The SMILES string of the molecule is CN1CC(NCc2sc3ccccc3c2Cl)CCC1=O. The van der Waals surface area contributed by atoms with Crippen LogP contribution in [0.15, 0.2) is 24.3 Å². The number of nitrogens with one attached hydrogen (secondary N) is 1. The summed E-state index contributed by atoms with van der Waals surface area (Å²) in [5.41, 5.74) is 0. The van der Waals surface area contributed by atoms with Crippen molar-refractivity contribution in [2.75, 3.05) is 13.6 Å². The van der Waals surface area contributed by atoms with Gasteiger partial charge in [-0.05, 0) is 12.5 Å². The smallest absolute Gasteiger partial charge is 0.222 e. The monoisotopic (exact) mass is 308 g/mol. The number of fused-ring (bicyclic) bond motifs is 1. The number of hydrogen-bond acceptors (Lipinski definition) is 3. The first-order valence-electron chi connectivity index (χ1n) is 6.78. The number of likely N-dealkylation sites (tertiary alicyclic amines) is 1. The molecule has 1 saturated heterocycles. The van der Waals surface area contributed by atoms with Crippen LogP contribution in [0.1, 0.15) is 17.7 Å². The molecule has 0 bridgehead atoms. The second kappa shape index (κ2) is 5.72. The molecule has 1 fully saturated rings. The van der Waals surface area contributed by atoms with E-state index >= 15 is 0 Å². The fraction of sp³-hybridized carbons (Fsp3) is 0.400. The van der Waals surface area contributed by atoms with Gasteiger partial charge in [-0.3, -0.25) is 4.79 Å². The first kappa shape index (κ1) is 13.9. The molecule has 3 rings (SSSR count). The summed E-state index contributed by atoms with van der Waals surface area (Å²) < 4.78 is 1.23.